The Morgan fingerprint density at radius 2 is 1.69 bits per heavy atom. The first-order valence-corrected chi connectivity index (χ1v) is 15.5. The summed E-state index contributed by atoms with van der Waals surface area (Å²) in [7, 11) is 0. The number of benzene rings is 3. The minimum absolute atomic E-state index is 0.131. The number of carbonyl (C=O) groups is 3. The number of ketones is 1. The van der Waals surface area contributed by atoms with Crippen LogP contribution < -0.4 is 5.32 Å². The maximum absolute atomic E-state index is 14.1. The maximum Gasteiger partial charge on any atom is 0.338 e. The van der Waals surface area contributed by atoms with Crippen molar-refractivity contribution < 1.29 is 28.3 Å². The van der Waals surface area contributed by atoms with Crippen molar-refractivity contribution in [2.24, 2.45) is 5.92 Å². The number of carbonyl (C=O) groups excluding carboxylic acids is 3. The Bertz CT molecular complexity index is 1590. The van der Waals surface area contributed by atoms with Crippen LogP contribution in [0.5, 0.6) is 0 Å². The number of esters is 2. The lowest BCUT2D eigenvalue weighted by atomic mass is 9.82. The van der Waals surface area contributed by atoms with Gasteiger partial charge in [0.05, 0.1) is 25.3 Å². The van der Waals surface area contributed by atoms with Crippen molar-refractivity contribution in [3.63, 3.8) is 0 Å². The van der Waals surface area contributed by atoms with Crippen molar-refractivity contribution in [3.8, 4) is 0 Å². The van der Waals surface area contributed by atoms with E-state index < -0.39 is 12.0 Å². The van der Waals surface area contributed by atoms with Gasteiger partial charge in [-0.25, -0.2) is 9.59 Å². The lowest BCUT2D eigenvalue weighted by Gasteiger charge is -2.51. The van der Waals surface area contributed by atoms with Crippen LogP contribution in [0, 0.1) is 5.92 Å². The molecular formula is C34H35N2O5S+. The first-order valence-electron chi connectivity index (χ1n) is 14.6. The second-order valence-electron chi connectivity index (χ2n) is 11.3. The van der Waals surface area contributed by atoms with Crippen molar-refractivity contribution in [1.29, 1.82) is 0 Å². The molecule has 4 aromatic rings. The second-order valence-corrected chi connectivity index (χ2v) is 12.2. The number of hydrogen-bond acceptors (Lipinski definition) is 7. The number of rotatable bonds is 10. The van der Waals surface area contributed by atoms with Crippen LogP contribution in [0.15, 0.2) is 84.2 Å². The number of thiophene rings is 1. The fourth-order valence-corrected chi connectivity index (χ4v) is 7.40. The van der Waals surface area contributed by atoms with E-state index in [0.717, 1.165) is 47.1 Å². The molecule has 42 heavy (non-hydrogen) atoms. The molecule has 3 fully saturated rings. The van der Waals surface area contributed by atoms with Gasteiger partial charge in [0.25, 0.3) is 0 Å². The molecule has 4 heterocycles. The summed E-state index contributed by atoms with van der Waals surface area (Å²) in [5, 5.41) is 6.36. The van der Waals surface area contributed by atoms with Crippen LogP contribution in [0.2, 0.25) is 0 Å². The Kier molecular flexibility index (Phi) is 8.09. The van der Waals surface area contributed by atoms with E-state index in [0.29, 0.717) is 28.8 Å². The van der Waals surface area contributed by atoms with Gasteiger partial charge in [-0.1, -0.05) is 54.6 Å². The molecule has 0 saturated carbocycles. The van der Waals surface area contributed by atoms with E-state index in [-0.39, 0.29) is 30.4 Å². The molecule has 0 spiro atoms. The van der Waals surface area contributed by atoms with Crippen LogP contribution in [0.3, 0.4) is 0 Å². The summed E-state index contributed by atoms with van der Waals surface area (Å²) in [5.74, 6) is -0.349. The molecule has 0 amide bonds. The van der Waals surface area contributed by atoms with Gasteiger partial charge in [-0.15, -0.1) is 11.3 Å². The molecule has 8 heteroatoms. The van der Waals surface area contributed by atoms with Gasteiger partial charge in [-0.2, -0.15) is 0 Å². The van der Waals surface area contributed by atoms with E-state index in [1.807, 2.05) is 66.0 Å². The third-order valence-corrected chi connectivity index (χ3v) is 9.61. The van der Waals surface area contributed by atoms with Crippen LogP contribution in [0.1, 0.15) is 52.1 Å². The molecule has 3 aliphatic rings. The number of fused-ring (bicyclic) bond motifs is 4. The highest BCUT2D eigenvalue weighted by Gasteiger charge is 2.49. The van der Waals surface area contributed by atoms with Crippen LogP contribution in [0.4, 0.5) is 5.69 Å². The Balaban J connectivity index is 1.24. The van der Waals surface area contributed by atoms with Crippen LogP contribution >= 0.6 is 11.3 Å². The van der Waals surface area contributed by atoms with E-state index in [4.69, 9.17) is 9.47 Å². The maximum atomic E-state index is 14.1. The fourth-order valence-electron chi connectivity index (χ4n) is 6.42. The molecule has 0 unspecified atom stereocenters. The van der Waals surface area contributed by atoms with E-state index in [1.54, 1.807) is 36.5 Å². The molecule has 0 aliphatic carbocycles. The Morgan fingerprint density at radius 1 is 0.952 bits per heavy atom. The molecule has 7 nitrogen and oxygen atoms in total. The number of hydrogen-bond donors (Lipinski definition) is 1. The van der Waals surface area contributed by atoms with Crippen molar-refractivity contribution in [2.45, 2.75) is 31.9 Å². The summed E-state index contributed by atoms with van der Waals surface area (Å²) in [4.78, 5) is 39.6. The first kappa shape index (κ1) is 28.1. The monoisotopic (exact) mass is 583 g/mol. The number of Topliss-reactive ketones (excluding diaryl/α,β-unsaturated/α-hetero) is 1. The number of quaternary nitrogens is 1. The quantitative estimate of drug-likeness (QED) is 0.135. The highest BCUT2D eigenvalue weighted by molar-refractivity contribution is 7.17. The van der Waals surface area contributed by atoms with Gasteiger partial charge in [0.1, 0.15) is 13.1 Å². The predicted molar refractivity (Wildman–Crippen MR) is 164 cm³/mol. The lowest BCUT2D eigenvalue weighted by Crippen LogP contribution is -2.65. The zero-order valence-corrected chi connectivity index (χ0v) is 24.5. The average Bonchev–Trinajstić information content (AvgIpc) is 3.45. The highest BCUT2D eigenvalue weighted by Crippen LogP contribution is 2.38. The summed E-state index contributed by atoms with van der Waals surface area (Å²) in [6.45, 7) is 4.97. The summed E-state index contributed by atoms with van der Waals surface area (Å²) in [6.07, 6.45) is 1.60. The van der Waals surface area contributed by atoms with Gasteiger partial charge >= 0.3 is 11.9 Å². The molecule has 2 bridgehead atoms. The molecule has 1 N–H and O–H groups in total. The standard InChI is InChI=1S/C34H35N2O5S/c1-2-40-33(38)25-11-8-12-26(19-25)35-32(28-22-42-31-14-7-6-13-27(28)31)34(39)41-30-21-36(17-15-24(30)16-18-36)20-29(37)23-9-4-3-5-10-23/h3-14,19,22,24,30,32,35H,2,15-18,20-21H2,1H3/q+1/t24?,30-,32+,36?/m0/s1. The van der Waals surface area contributed by atoms with Gasteiger partial charge in [0.15, 0.2) is 12.1 Å². The number of ether oxygens (including phenoxy) is 2. The summed E-state index contributed by atoms with van der Waals surface area (Å²) < 4.78 is 13.3. The largest absolute Gasteiger partial charge is 0.462 e. The minimum atomic E-state index is -0.770. The van der Waals surface area contributed by atoms with Crippen molar-refractivity contribution in [1.82, 2.24) is 0 Å². The predicted octanol–water partition coefficient (Wildman–Crippen LogP) is 6.27. The number of piperidine rings is 3. The molecule has 2 atom stereocenters. The zero-order valence-electron chi connectivity index (χ0n) is 23.7. The number of anilines is 1. The second kappa shape index (κ2) is 12.1. The molecule has 1 aromatic heterocycles. The van der Waals surface area contributed by atoms with E-state index in [1.165, 1.54) is 0 Å². The van der Waals surface area contributed by atoms with Crippen molar-refractivity contribution in [2.75, 3.05) is 38.1 Å². The Labute approximate surface area is 249 Å². The van der Waals surface area contributed by atoms with E-state index in [2.05, 4.69) is 5.32 Å². The average molecular weight is 584 g/mol. The Morgan fingerprint density at radius 3 is 2.48 bits per heavy atom. The minimum Gasteiger partial charge on any atom is -0.462 e. The molecular weight excluding hydrogens is 548 g/mol. The van der Waals surface area contributed by atoms with Gasteiger partial charge in [-0.3, -0.25) is 4.79 Å². The number of nitrogens with one attached hydrogen (secondary N) is 1. The van der Waals surface area contributed by atoms with Gasteiger partial charge in [-0.05, 0) is 42.0 Å². The molecule has 3 aliphatic heterocycles. The molecule has 3 saturated heterocycles. The smallest absolute Gasteiger partial charge is 0.338 e. The zero-order chi connectivity index (χ0) is 29.1. The number of nitrogens with zero attached hydrogens (tertiary/aromatic N) is 1. The van der Waals surface area contributed by atoms with Crippen molar-refractivity contribution >= 4 is 44.8 Å². The van der Waals surface area contributed by atoms with Gasteiger partial charge < -0.3 is 19.3 Å². The molecule has 216 valence electrons. The molecule has 7 rings (SSSR count). The van der Waals surface area contributed by atoms with Crippen LogP contribution in [0.25, 0.3) is 10.1 Å². The normalized spacial score (nSPS) is 21.9. The van der Waals surface area contributed by atoms with Gasteiger partial charge in [0.2, 0.25) is 5.78 Å². The van der Waals surface area contributed by atoms with Gasteiger partial charge in [0, 0.05) is 40.3 Å². The lowest BCUT2D eigenvalue weighted by molar-refractivity contribution is -0.938. The van der Waals surface area contributed by atoms with Crippen LogP contribution in [-0.4, -0.2) is 61.1 Å². The summed E-state index contributed by atoms with van der Waals surface area (Å²) >= 11 is 1.58. The van der Waals surface area contributed by atoms with E-state index in [9.17, 15) is 14.4 Å². The van der Waals surface area contributed by atoms with E-state index >= 15 is 0 Å². The molecule has 3 aromatic carbocycles. The molecule has 0 radical (unpaired) electrons. The summed E-state index contributed by atoms with van der Waals surface area (Å²) in [6, 6.07) is 23.7. The fraction of sp³-hybridized carbons (Fsp3) is 0.324. The topological polar surface area (TPSA) is 81.7 Å². The first-order chi connectivity index (χ1) is 20.4. The van der Waals surface area contributed by atoms with Crippen molar-refractivity contribution in [3.05, 3.63) is 101 Å². The third kappa shape index (κ3) is 5.82. The highest BCUT2D eigenvalue weighted by atomic mass is 32.1. The summed E-state index contributed by atoms with van der Waals surface area (Å²) in [5.41, 5.74) is 2.61. The SMILES string of the molecule is CCOC(=O)c1cccc(N[C@@H](C(=O)O[C@H]2C[N+]3(CC(=O)c4ccccc4)CCC2CC3)c2csc3ccccc23)c1. The third-order valence-electron chi connectivity index (χ3n) is 8.63. The van der Waals surface area contributed by atoms with Crippen LogP contribution in [-0.2, 0) is 14.3 Å². The Hall–Kier alpha value is -4.01.